The monoisotopic (exact) mass is 371 g/mol. The second-order valence-electron chi connectivity index (χ2n) is 6.31. The van der Waals surface area contributed by atoms with E-state index >= 15 is 0 Å². The van der Waals surface area contributed by atoms with E-state index in [-0.39, 0.29) is 24.6 Å². The molecule has 0 aliphatic carbocycles. The molecular weight excluding hydrogens is 344 g/mol. The van der Waals surface area contributed by atoms with E-state index in [0.29, 0.717) is 18.0 Å². The fraction of sp³-hybridized carbons (Fsp3) is 0.500. The summed E-state index contributed by atoms with van der Waals surface area (Å²) in [4.78, 5) is 5.06. The second-order valence-corrected chi connectivity index (χ2v) is 6.31. The predicted octanol–water partition coefficient (Wildman–Crippen LogP) is -0.528. The van der Waals surface area contributed by atoms with Crippen LogP contribution in [0.25, 0.3) is 6.08 Å². The van der Waals surface area contributed by atoms with Gasteiger partial charge in [0.25, 0.3) is 0 Å². The lowest BCUT2D eigenvalue weighted by atomic mass is 10.1. The minimum absolute atomic E-state index is 0. The fourth-order valence-corrected chi connectivity index (χ4v) is 1.80. The number of nitrogens with zero attached hydrogens (tertiary/aromatic N) is 1. The van der Waals surface area contributed by atoms with E-state index in [1.54, 1.807) is 20.3 Å². The zero-order valence-electron chi connectivity index (χ0n) is 15.5. The van der Waals surface area contributed by atoms with Crippen LogP contribution in [0.15, 0.2) is 29.4 Å². The van der Waals surface area contributed by atoms with Gasteiger partial charge in [0.05, 0.1) is 20.4 Å². The number of hydrogen-bond acceptors (Lipinski definition) is 6. The first-order chi connectivity index (χ1) is 11.4. The highest BCUT2D eigenvalue weighted by atomic mass is 35.5. The molecule has 2 N–H and O–H groups in total. The number of oxime groups is 1. The van der Waals surface area contributed by atoms with Gasteiger partial charge in [0.1, 0.15) is 12.7 Å². The molecule has 0 aromatic heterocycles. The summed E-state index contributed by atoms with van der Waals surface area (Å²) in [6.45, 7) is 6.72. The summed E-state index contributed by atoms with van der Waals surface area (Å²) in [6, 6.07) is 5.62. The number of benzene rings is 1. The van der Waals surface area contributed by atoms with Gasteiger partial charge in [0.2, 0.25) is 0 Å². The number of ether oxygens (including phenoxy) is 2. The normalized spacial score (nSPS) is 12.9. The van der Waals surface area contributed by atoms with Crippen molar-refractivity contribution in [1.82, 2.24) is 5.32 Å². The van der Waals surface area contributed by atoms with Crippen molar-refractivity contribution in [3.8, 4) is 11.5 Å². The highest BCUT2D eigenvalue weighted by molar-refractivity contribution is 5.78. The molecule has 142 valence electrons. The maximum Gasteiger partial charge on any atom is 0.161 e. The van der Waals surface area contributed by atoms with Crippen LogP contribution in [0, 0.1) is 0 Å². The Morgan fingerprint density at radius 2 is 1.88 bits per heavy atom. The summed E-state index contributed by atoms with van der Waals surface area (Å²) >= 11 is 0. The van der Waals surface area contributed by atoms with Crippen LogP contribution in [-0.2, 0) is 4.84 Å². The Bertz CT molecular complexity index is 556. The number of allylic oxidation sites excluding steroid dienone is 1. The minimum Gasteiger partial charge on any atom is -1.00 e. The molecule has 1 aromatic carbocycles. The fourth-order valence-electron chi connectivity index (χ4n) is 1.80. The third-order valence-corrected chi connectivity index (χ3v) is 3.05. The Kier molecular flexibility index (Phi) is 10.9. The molecular formula is C18H28ClN2O4-. The number of aliphatic hydroxyl groups excluding tert-OH is 1. The predicted molar refractivity (Wildman–Crippen MR) is 96.8 cm³/mol. The third kappa shape index (κ3) is 9.96. The van der Waals surface area contributed by atoms with Crippen LogP contribution in [-0.4, -0.2) is 50.3 Å². The molecule has 0 aliphatic heterocycles. The van der Waals surface area contributed by atoms with Gasteiger partial charge < -0.3 is 37.1 Å². The van der Waals surface area contributed by atoms with Crippen molar-refractivity contribution in [3.05, 3.63) is 29.8 Å². The van der Waals surface area contributed by atoms with Crippen LogP contribution in [0.3, 0.4) is 0 Å². The molecule has 25 heavy (non-hydrogen) atoms. The highest BCUT2D eigenvalue weighted by Crippen LogP contribution is 2.27. The lowest BCUT2D eigenvalue weighted by molar-refractivity contribution is -0.00000792. The number of halogens is 1. The second kappa shape index (κ2) is 11.7. The molecule has 1 aromatic rings. The van der Waals surface area contributed by atoms with Gasteiger partial charge >= 0.3 is 0 Å². The van der Waals surface area contributed by atoms with Gasteiger partial charge in [-0.1, -0.05) is 17.3 Å². The maximum atomic E-state index is 9.75. The summed E-state index contributed by atoms with van der Waals surface area (Å²) in [5, 5.41) is 16.7. The Balaban J connectivity index is 0.00000576. The Hall–Kier alpha value is -1.76. The summed E-state index contributed by atoms with van der Waals surface area (Å²) < 4.78 is 10.4. The number of aliphatic hydroxyl groups is 1. The lowest BCUT2D eigenvalue weighted by Gasteiger charge is -2.22. The SMILES string of the molecule is COc1ccc(/C=C/C=N/OCC(O)CNC(C)(C)C)cc1OC.[Cl-]. The lowest BCUT2D eigenvalue weighted by Crippen LogP contribution is -3.00. The summed E-state index contributed by atoms with van der Waals surface area (Å²) in [5.41, 5.74) is 0.917. The Morgan fingerprint density at radius 1 is 1.20 bits per heavy atom. The van der Waals surface area contributed by atoms with Crippen LogP contribution in [0.4, 0.5) is 0 Å². The molecule has 0 radical (unpaired) electrons. The van der Waals surface area contributed by atoms with Crippen LogP contribution < -0.4 is 27.2 Å². The van der Waals surface area contributed by atoms with Gasteiger partial charge in [-0.05, 0) is 44.5 Å². The minimum atomic E-state index is -0.601. The molecule has 0 spiro atoms. The van der Waals surface area contributed by atoms with E-state index < -0.39 is 6.10 Å². The van der Waals surface area contributed by atoms with Crippen LogP contribution in [0.1, 0.15) is 26.3 Å². The first-order valence-corrected chi connectivity index (χ1v) is 7.83. The molecule has 0 bridgehead atoms. The largest absolute Gasteiger partial charge is 1.00 e. The number of hydrogen-bond donors (Lipinski definition) is 2. The molecule has 7 heteroatoms. The van der Waals surface area contributed by atoms with Crippen molar-refractivity contribution in [2.45, 2.75) is 32.4 Å². The molecule has 0 fully saturated rings. The van der Waals surface area contributed by atoms with Crippen LogP contribution in [0.2, 0.25) is 0 Å². The smallest absolute Gasteiger partial charge is 0.161 e. The average Bonchev–Trinajstić information content (AvgIpc) is 2.55. The van der Waals surface area contributed by atoms with E-state index in [9.17, 15) is 5.11 Å². The number of methoxy groups -OCH3 is 2. The number of rotatable bonds is 9. The van der Waals surface area contributed by atoms with Gasteiger partial charge in [0.15, 0.2) is 11.5 Å². The van der Waals surface area contributed by atoms with Gasteiger partial charge in [0, 0.05) is 12.1 Å². The number of nitrogens with one attached hydrogen (secondary N) is 1. The van der Waals surface area contributed by atoms with Crippen molar-refractivity contribution in [3.63, 3.8) is 0 Å². The third-order valence-electron chi connectivity index (χ3n) is 3.05. The average molecular weight is 372 g/mol. The standard InChI is InChI=1S/C18H28N2O4.ClH/c1-18(2,3)19-12-15(21)13-24-20-10-6-7-14-8-9-16(22-4)17(11-14)23-5;/h6-11,15,19,21H,12-13H2,1-5H3;1H/p-1/b7-6+,20-10+;. The van der Waals surface area contributed by atoms with Gasteiger partial charge in [-0.15, -0.1) is 0 Å². The summed E-state index contributed by atoms with van der Waals surface area (Å²) in [6.07, 6.45) is 4.55. The molecule has 0 heterocycles. The van der Waals surface area contributed by atoms with Crippen molar-refractivity contribution < 1.29 is 31.8 Å². The van der Waals surface area contributed by atoms with E-state index in [1.165, 1.54) is 6.21 Å². The molecule has 1 atom stereocenters. The van der Waals surface area contributed by atoms with Gasteiger partial charge in [-0.2, -0.15) is 0 Å². The van der Waals surface area contributed by atoms with Gasteiger partial charge in [-0.3, -0.25) is 0 Å². The summed E-state index contributed by atoms with van der Waals surface area (Å²) in [7, 11) is 3.20. The maximum absolute atomic E-state index is 9.75. The Labute approximate surface area is 156 Å². The van der Waals surface area contributed by atoms with Crippen LogP contribution in [0.5, 0.6) is 11.5 Å². The molecule has 0 saturated heterocycles. The van der Waals surface area contributed by atoms with Crippen molar-refractivity contribution >= 4 is 12.3 Å². The Morgan fingerprint density at radius 3 is 2.48 bits per heavy atom. The molecule has 1 rings (SSSR count). The molecule has 0 aliphatic rings. The molecule has 0 saturated carbocycles. The zero-order valence-corrected chi connectivity index (χ0v) is 16.2. The number of β-amino-alcohol motifs (C(OH)–C–C–N with tert-alkyl or cyclic N) is 1. The van der Waals surface area contributed by atoms with Gasteiger partial charge in [-0.25, -0.2) is 0 Å². The van der Waals surface area contributed by atoms with Crippen molar-refractivity contribution in [2.24, 2.45) is 5.16 Å². The molecule has 6 nitrogen and oxygen atoms in total. The van der Waals surface area contributed by atoms with E-state index in [0.717, 1.165) is 5.56 Å². The van der Waals surface area contributed by atoms with Crippen molar-refractivity contribution in [1.29, 1.82) is 0 Å². The topological polar surface area (TPSA) is 72.3 Å². The first-order valence-electron chi connectivity index (χ1n) is 7.83. The van der Waals surface area contributed by atoms with Crippen LogP contribution >= 0.6 is 0 Å². The quantitative estimate of drug-likeness (QED) is 0.451. The first kappa shape index (κ1) is 23.2. The summed E-state index contributed by atoms with van der Waals surface area (Å²) in [5.74, 6) is 1.35. The molecule has 0 amide bonds. The molecule has 1 unspecified atom stereocenters. The van der Waals surface area contributed by atoms with E-state index in [1.807, 2.05) is 45.0 Å². The zero-order chi connectivity index (χ0) is 18.0. The van der Waals surface area contributed by atoms with E-state index in [4.69, 9.17) is 14.3 Å². The van der Waals surface area contributed by atoms with E-state index in [2.05, 4.69) is 10.5 Å². The van der Waals surface area contributed by atoms with Crippen molar-refractivity contribution in [2.75, 3.05) is 27.4 Å². The highest BCUT2D eigenvalue weighted by Gasteiger charge is 2.12.